The molecule has 3 rings (SSSR count). The lowest BCUT2D eigenvalue weighted by Crippen LogP contribution is -2.14. The molecule has 146 valence electrons. The summed E-state index contributed by atoms with van der Waals surface area (Å²) in [6.45, 7) is 1.95. The third-order valence-corrected chi connectivity index (χ3v) is 6.63. The summed E-state index contributed by atoms with van der Waals surface area (Å²) in [5, 5.41) is 11.3. The lowest BCUT2D eigenvalue weighted by atomic mass is 10.2. The Morgan fingerprint density at radius 1 is 1.11 bits per heavy atom. The van der Waals surface area contributed by atoms with Gasteiger partial charge in [-0.2, -0.15) is 0 Å². The van der Waals surface area contributed by atoms with Gasteiger partial charge >= 0.3 is 0 Å². The summed E-state index contributed by atoms with van der Waals surface area (Å²) in [6, 6.07) is 15.8. The zero-order valence-electron chi connectivity index (χ0n) is 15.5. The largest absolute Gasteiger partial charge is 0.325 e. The number of anilines is 1. The Balaban J connectivity index is 1.62. The van der Waals surface area contributed by atoms with Crippen molar-refractivity contribution in [3.05, 3.63) is 66.0 Å². The number of nitrogens with zero attached hydrogens (tertiary/aromatic N) is 3. The Hall–Kier alpha value is -2.65. The highest BCUT2D eigenvalue weighted by Crippen LogP contribution is 2.20. The van der Waals surface area contributed by atoms with Crippen molar-refractivity contribution in [3.8, 4) is 0 Å². The molecule has 0 unspecified atom stereocenters. The lowest BCUT2D eigenvalue weighted by Gasteiger charge is -2.07. The van der Waals surface area contributed by atoms with E-state index in [9.17, 15) is 13.2 Å². The first kappa shape index (κ1) is 20.1. The number of rotatable bonds is 7. The van der Waals surface area contributed by atoms with E-state index >= 15 is 0 Å². The van der Waals surface area contributed by atoms with Crippen LogP contribution in [0.3, 0.4) is 0 Å². The van der Waals surface area contributed by atoms with Gasteiger partial charge in [0.2, 0.25) is 5.91 Å². The van der Waals surface area contributed by atoms with Crippen LogP contribution in [0.25, 0.3) is 0 Å². The third-order valence-electron chi connectivity index (χ3n) is 3.98. The predicted molar refractivity (Wildman–Crippen MR) is 109 cm³/mol. The van der Waals surface area contributed by atoms with Gasteiger partial charge < -0.3 is 9.88 Å². The molecule has 2 aromatic carbocycles. The summed E-state index contributed by atoms with van der Waals surface area (Å²) in [6.07, 6.45) is 0. The molecule has 1 amide bonds. The zero-order chi connectivity index (χ0) is 20.1. The number of thioether (sulfide) groups is 1. The maximum absolute atomic E-state index is 12.5. The number of hydrogen-bond acceptors (Lipinski definition) is 6. The molecule has 0 fully saturated rings. The normalized spacial score (nSPS) is 11.4. The maximum Gasteiger partial charge on any atom is 0.234 e. The Labute approximate surface area is 168 Å². The Morgan fingerprint density at radius 2 is 1.86 bits per heavy atom. The monoisotopic (exact) mass is 416 g/mol. The fraction of sp³-hybridized carbons (Fsp3) is 0.211. The van der Waals surface area contributed by atoms with Crippen molar-refractivity contribution >= 4 is 33.2 Å². The van der Waals surface area contributed by atoms with Crippen LogP contribution in [0.5, 0.6) is 0 Å². The van der Waals surface area contributed by atoms with Gasteiger partial charge in [-0.05, 0) is 36.8 Å². The molecule has 28 heavy (non-hydrogen) atoms. The van der Waals surface area contributed by atoms with E-state index in [1.54, 1.807) is 41.9 Å². The number of carbonyl (C=O) groups is 1. The summed E-state index contributed by atoms with van der Waals surface area (Å²) in [7, 11) is -1.82. The number of aryl methyl sites for hydroxylation is 1. The first-order valence-corrected chi connectivity index (χ1v) is 11.1. The maximum atomic E-state index is 12.5. The SMILES string of the molecule is Cc1cccc(NC(=O)CSc2nnc(CS(=O)(=O)c3ccccc3)n2C)c1. The summed E-state index contributed by atoms with van der Waals surface area (Å²) in [4.78, 5) is 12.4. The van der Waals surface area contributed by atoms with E-state index in [1.807, 2.05) is 31.2 Å². The van der Waals surface area contributed by atoms with Crippen molar-refractivity contribution in [2.75, 3.05) is 11.1 Å². The van der Waals surface area contributed by atoms with Crippen LogP contribution in [-0.4, -0.2) is 34.8 Å². The van der Waals surface area contributed by atoms with Crippen molar-refractivity contribution in [1.29, 1.82) is 0 Å². The summed E-state index contributed by atoms with van der Waals surface area (Å²) < 4.78 is 26.6. The number of benzene rings is 2. The van der Waals surface area contributed by atoms with Crippen LogP contribution in [0.1, 0.15) is 11.4 Å². The third kappa shape index (κ3) is 4.99. The van der Waals surface area contributed by atoms with E-state index in [0.717, 1.165) is 11.3 Å². The van der Waals surface area contributed by atoms with Gasteiger partial charge in [0.15, 0.2) is 15.0 Å². The van der Waals surface area contributed by atoms with Crippen molar-refractivity contribution < 1.29 is 13.2 Å². The van der Waals surface area contributed by atoms with Gasteiger partial charge in [-0.25, -0.2) is 8.42 Å². The highest BCUT2D eigenvalue weighted by atomic mass is 32.2. The first-order chi connectivity index (χ1) is 13.3. The number of nitrogens with one attached hydrogen (secondary N) is 1. The second-order valence-electron chi connectivity index (χ2n) is 6.24. The summed E-state index contributed by atoms with van der Waals surface area (Å²) >= 11 is 1.20. The van der Waals surface area contributed by atoms with Gasteiger partial charge in [-0.1, -0.05) is 42.1 Å². The molecule has 0 aliphatic heterocycles. The molecule has 7 nitrogen and oxygen atoms in total. The van der Waals surface area contributed by atoms with Crippen LogP contribution < -0.4 is 5.32 Å². The van der Waals surface area contributed by atoms with Crippen molar-refractivity contribution in [3.63, 3.8) is 0 Å². The minimum absolute atomic E-state index is 0.144. The van der Waals surface area contributed by atoms with Gasteiger partial charge in [0.25, 0.3) is 0 Å². The fourth-order valence-electron chi connectivity index (χ4n) is 2.53. The van der Waals surface area contributed by atoms with Crippen LogP contribution in [-0.2, 0) is 27.4 Å². The molecule has 0 aliphatic rings. The molecule has 0 saturated heterocycles. The summed E-state index contributed by atoms with van der Waals surface area (Å²) in [5.74, 6) is 0.0459. The van der Waals surface area contributed by atoms with E-state index in [4.69, 9.17) is 0 Å². The molecule has 1 aromatic heterocycles. The second-order valence-corrected chi connectivity index (χ2v) is 9.17. The number of aromatic nitrogens is 3. The molecule has 0 bridgehead atoms. The number of hydrogen-bond donors (Lipinski definition) is 1. The smallest absolute Gasteiger partial charge is 0.234 e. The topological polar surface area (TPSA) is 94.0 Å². The van der Waals surface area contributed by atoms with E-state index in [0.29, 0.717) is 11.0 Å². The molecular formula is C19H20N4O3S2. The molecule has 1 heterocycles. The molecule has 0 saturated carbocycles. The second kappa shape index (κ2) is 8.57. The van der Waals surface area contributed by atoms with Crippen LogP contribution in [0, 0.1) is 6.92 Å². The minimum Gasteiger partial charge on any atom is -0.325 e. The Kier molecular flexibility index (Phi) is 6.15. The standard InChI is InChI=1S/C19H20N4O3S2/c1-14-7-6-8-15(11-14)20-18(24)12-27-19-22-21-17(23(19)2)13-28(25,26)16-9-4-3-5-10-16/h3-11H,12-13H2,1-2H3,(H,20,24). The average Bonchev–Trinajstić information content (AvgIpc) is 3.00. The van der Waals surface area contributed by atoms with Crippen LogP contribution >= 0.6 is 11.8 Å². The molecule has 0 spiro atoms. The quantitative estimate of drug-likeness (QED) is 0.595. The molecule has 0 radical (unpaired) electrons. The highest BCUT2D eigenvalue weighted by Gasteiger charge is 2.20. The average molecular weight is 417 g/mol. The van der Waals surface area contributed by atoms with Crippen LogP contribution in [0.4, 0.5) is 5.69 Å². The molecule has 9 heteroatoms. The molecule has 0 atom stereocenters. The summed E-state index contributed by atoms with van der Waals surface area (Å²) in [5.41, 5.74) is 1.79. The van der Waals surface area contributed by atoms with Crippen LogP contribution in [0.2, 0.25) is 0 Å². The van der Waals surface area contributed by atoms with Gasteiger partial charge in [-0.3, -0.25) is 4.79 Å². The van der Waals surface area contributed by atoms with Gasteiger partial charge in [0.05, 0.1) is 10.6 Å². The van der Waals surface area contributed by atoms with E-state index in [2.05, 4.69) is 15.5 Å². The lowest BCUT2D eigenvalue weighted by molar-refractivity contribution is -0.113. The van der Waals surface area contributed by atoms with E-state index in [-0.39, 0.29) is 22.3 Å². The van der Waals surface area contributed by atoms with E-state index in [1.165, 1.54) is 11.8 Å². The number of carbonyl (C=O) groups excluding carboxylic acids is 1. The van der Waals surface area contributed by atoms with Gasteiger partial charge in [0, 0.05) is 12.7 Å². The number of amides is 1. The van der Waals surface area contributed by atoms with Crippen molar-refractivity contribution in [2.24, 2.45) is 7.05 Å². The molecule has 3 aromatic rings. The fourth-order valence-corrected chi connectivity index (χ4v) is 4.59. The van der Waals surface area contributed by atoms with Gasteiger partial charge in [0.1, 0.15) is 11.6 Å². The van der Waals surface area contributed by atoms with E-state index < -0.39 is 9.84 Å². The molecular weight excluding hydrogens is 396 g/mol. The van der Waals surface area contributed by atoms with Gasteiger partial charge in [-0.15, -0.1) is 10.2 Å². The number of sulfone groups is 1. The van der Waals surface area contributed by atoms with Crippen LogP contribution in [0.15, 0.2) is 64.6 Å². The minimum atomic E-state index is -3.51. The van der Waals surface area contributed by atoms with Crippen molar-refractivity contribution in [2.45, 2.75) is 22.7 Å². The Morgan fingerprint density at radius 3 is 2.57 bits per heavy atom. The highest BCUT2D eigenvalue weighted by molar-refractivity contribution is 7.99. The van der Waals surface area contributed by atoms with Crippen molar-refractivity contribution in [1.82, 2.24) is 14.8 Å². The predicted octanol–water partition coefficient (Wildman–Crippen LogP) is 2.83. The Bertz CT molecular complexity index is 1080. The molecule has 1 N–H and O–H groups in total. The zero-order valence-corrected chi connectivity index (χ0v) is 17.1. The first-order valence-electron chi connectivity index (χ1n) is 8.50. The molecule has 0 aliphatic carbocycles.